The first-order valence-electron chi connectivity index (χ1n) is 8.54. The lowest BCUT2D eigenvalue weighted by molar-refractivity contribution is 0.0994. The largest absolute Gasteiger partial charge is 0.497 e. The number of amides is 1. The van der Waals surface area contributed by atoms with E-state index in [1.165, 1.54) is 0 Å². The molecule has 0 radical (unpaired) electrons. The minimum absolute atomic E-state index is 0.229. The Hall–Kier alpha value is -3.28. The normalized spacial score (nSPS) is 10.5. The summed E-state index contributed by atoms with van der Waals surface area (Å²) in [5.41, 5.74) is 2.78. The van der Waals surface area contributed by atoms with Gasteiger partial charge in [0, 0.05) is 17.7 Å². The molecule has 0 fully saturated rings. The molecule has 0 bridgehead atoms. The summed E-state index contributed by atoms with van der Waals surface area (Å²) in [5, 5.41) is 2.77. The number of carbonyl (C=O) groups excluding carboxylic acids is 1. The van der Waals surface area contributed by atoms with E-state index < -0.39 is 0 Å². The second kappa shape index (κ2) is 7.95. The van der Waals surface area contributed by atoms with Crippen LogP contribution in [0.1, 0.15) is 33.1 Å². The predicted octanol–water partition coefficient (Wildman–Crippen LogP) is 4.15. The third-order valence-electron chi connectivity index (χ3n) is 4.08. The first-order chi connectivity index (χ1) is 13.0. The number of furan rings is 1. The average Bonchev–Trinajstić information content (AvgIpc) is 3.09. The van der Waals surface area contributed by atoms with Gasteiger partial charge in [-0.15, -0.1) is 0 Å². The molecule has 0 aliphatic rings. The number of aryl methyl sites for hydroxylation is 2. The van der Waals surface area contributed by atoms with Crippen molar-refractivity contribution in [3.63, 3.8) is 0 Å². The monoisotopic (exact) mass is 366 g/mol. The highest BCUT2D eigenvalue weighted by atomic mass is 16.5. The van der Waals surface area contributed by atoms with Gasteiger partial charge in [-0.2, -0.15) is 0 Å². The highest BCUT2D eigenvalue weighted by Gasteiger charge is 2.14. The first-order valence-corrected chi connectivity index (χ1v) is 8.54. The van der Waals surface area contributed by atoms with Gasteiger partial charge < -0.3 is 19.2 Å². The molecule has 1 aromatic carbocycles. The van der Waals surface area contributed by atoms with E-state index in [0.29, 0.717) is 18.0 Å². The van der Waals surface area contributed by atoms with E-state index in [1.807, 2.05) is 44.2 Å². The number of methoxy groups -OCH3 is 2. The van der Waals surface area contributed by atoms with Gasteiger partial charge in [0.2, 0.25) is 0 Å². The molecule has 0 saturated heterocycles. The second-order valence-corrected chi connectivity index (χ2v) is 6.25. The van der Waals surface area contributed by atoms with E-state index in [1.54, 1.807) is 26.4 Å². The summed E-state index contributed by atoms with van der Waals surface area (Å²) < 4.78 is 16.4. The Kier molecular flexibility index (Phi) is 5.45. The Balaban J connectivity index is 1.75. The van der Waals surface area contributed by atoms with Crippen molar-refractivity contribution in [2.45, 2.75) is 20.3 Å². The van der Waals surface area contributed by atoms with Gasteiger partial charge in [0.1, 0.15) is 23.1 Å². The molecule has 140 valence electrons. The number of pyridine rings is 1. The van der Waals surface area contributed by atoms with Crippen LogP contribution in [0, 0.1) is 13.8 Å². The van der Waals surface area contributed by atoms with Crippen LogP contribution < -0.4 is 14.8 Å². The van der Waals surface area contributed by atoms with Crippen molar-refractivity contribution in [1.82, 2.24) is 4.98 Å². The lowest BCUT2D eigenvalue weighted by Crippen LogP contribution is -2.12. The number of ether oxygens (including phenoxy) is 2. The number of carbonyl (C=O) groups is 1. The molecular weight excluding hydrogens is 344 g/mol. The highest BCUT2D eigenvalue weighted by Crippen LogP contribution is 2.27. The van der Waals surface area contributed by atoms with Crippen LogP contribution >= 0.6 is 0 Å². The van der Waals surface area contributed by atoms with Crippen molar-refractivity contribution in [2.75, 3.05) is 19.5 Å². The Morgan fingerprint density at radius 3 is 2.59 bits per heavy atom. The standard InChI is InChI=1S/C21H22N2O4/c1-13-9-14(2)22-20(10-13)23-21(24)19-8-6-17(27-19)12-15-11-16(25-3)5-7-18(15)26-4/h5-11H,12H2,1-4H3,(H,22,23,24). The molecule has 1 N–H and O–H groups in total. The Morgan fingerprint density at radius 1 is 1.07 bits per heavy atom. The molecule has 2 heterocycles. The van der Waals surface area contributed by atoms with E-state index in [9.17, 15) is 4.79 Å². The van der Waals surface area contributed by atoms with Gasteiger partial charge in [-0.1, -0.05) is 0 Å². The second-order valence-electron chi connectivity index (χ2n) is 6.25. The van der Waals surface area contributed by atoms with E-state index in [-0.39, 0.29) is 11.7 Å². The Bertz CT molecular complexity index is 942. The highest BCUT2D eigenvalue weighted by molar-refractivity contribution is 6.01. The molecule has 6 heteroatoms. The third kappa shape index (κ3) is 4.47. The fourth-order valence-corrected chi connectivity index (χ4v) is 2.89. The van der Waals surface area contributed by atoms with E-state index >= 15 is 0 Å². The van der Waals surface area contributed by atoms with Crippen LogP contribution in [0.2, 0.25) is 0 Å². The minimum atomic E-state index is -0.337. The molecule has 3 aromatic rings. The quantitative estimate of drug-likeness (QED) is 0.709. The average molecular weight is 366 g/mol. The number of benzene rings is 1. The van der Waals surface area contributed by atoms with E-state index in [0.717, 1.165) is 28.3 Å². The summed E-state index contributed by atoms with van der Waals surface area (Å²) in [7, 11) is 3.23. The minimum Gasteiger partial charge on any atom is -0.497 e. The number of anilines is 1. The maximum absolute atomic E-state index is 12.4. The molecule has 3 rings (SSSR count). The zero-order valence-corrected chi connectivity index (χ0v) is 15.8. The molecule has 0 spiro atoms. The van der Waals surface area contributed by atoms with Crippen LogP contribution in [-0.4, -0.2) is 25.1 Å². The maximum atomic E-state index is 12.4. The number of hydrogen-bond donors (Lipinski definition) is 1. The van der Waals surface area contributed by atoms with Crippen LogP contribution in [0.5, 0.6) is 11.5 Å². The van der Waals surface area contributed by atoms with Gasteiger partial charge in [-0.3, -0.25) is 4.79 Å². The van der Waals surface area contributed by atoms with Crippen molar-refractivity contribution in [3.05, 3.63) is 70.8 Å². The number of nitrogens with zero attached hydrogens (tertiary/aromatic N) is 1. The fraction of sp³-hybridized carbons (Fsp3) is 0.238. The van der Waals surface area contributed by atoms with Crippen molar-refractivity contribution < 1.29 is 18.7 Å². The molecule has 0 atom stereocenters. The summed E-state index contributed by atoms with van der Waals surface area (Å²) in [4.78, 5) is 16.7. The van der Waals surface area contributed by atoms with Gasteiger partial charge in [0.25, 0.3) is 5.91 Å². The number of nitrogens with one attached hydrogen (secondary N) is 1. The maximum Gasteiger partial charge on any atom is 0.292 e. The first kappa shape index (κ1) is 18.5. The Morgan fingerprint density at radius 2 is 1.89 bits per heavy atom. The van der Waals surface area contributed by atoms with Gasteiger partial charge in [-0.05, 0) is 61.9 Å². The molecule has 27 heavy (non-hydrogen) atoms. The molecular formula is C21H22N2O4. The molecule has 0 unspecified atom stereocenters. The van der Waals surface area contributed by atoms with Gasteiger partial charge in [-0.25, -0.2) is 4.98 Å². The molecule has 0 saturated carbocycles. The van der Waals surface area contributed by atoms with Crippen molar-refractivity contribution in [3.8, 4) is 11.5 Å². The van der Waals surface area contributed by atoms with Crippen LogP contribution in [-0.2, 0) is 6.42 Å². The topological polar surface area (TPSA) is 73.6 Å². The summed E-state index contributed by atoms with van der Waals surface area (Å²) in [6, 6.07) is 12.8. The lowest BCUT2D eigenvalue weighted by Gasteiger charge is -2.09. The van der Waals surface area contributed by atoms with Crippen LogP contribution in [0.4, 0.5) is 5.82 Å². The van der Waals surface area contributed by atoms with E-state index in [4.69, 9.17) is 13.9 Å². The van der Waals surface area contributed by atoms with Crippen molar-refractivity contribution >= 4 is 11.7 Å². The molecule has 0 aliphatic heterocycles. The SMILES string of the molecule is COc1ccc(OC)c(Cc2ccc(C(=O)Nc3cc(C)cc(C)n3)o2)c1. The lowest BCUT2D eigenvalue weighted by atomic mass is 10.1. The van der Waals surface area contributed by atoms with Crippen LogP contribution in [0.3, 0.4) is 0 Å². The van der Waals surface area contributed by atoms with Crippen LogP contribution in [0.15, 0.2) is 46.9 Å². The number of hydrogen-bond acceptors (Lipinski definition) is 5. The Labute approximate surface area is 158 Å². The predicted molar refractivity (Wildman–Crippen MR) is 103 cm³/mol. The molecule has 0 aliphatic carbocycles. The zero-order valence-electron chi connectivity index (χ0n) is 15.8. The van der Waals surface area contributed by atoms with Crippen molar-refractivity contribution in [2.24, 2.45) is 0 Å². The smallest absolute Gasteiger partial charge is 0.292 e. The van der Waals surface area contributed by atoms with Crippen LogP contribution in [0.25, 0.3) is 0 Å². The summed E-state index contributed by atoms with van der Waals surface area (Å²) in [6.07, 6.45) is 0.482. The number of aromatic nitrogens is 1. The molecule has 6 nitrogen and oxygen atoms in total. The van der Waals surface area contributed by atoms with Gasteiger partial charge in [0.05, 0.1) is 14.2 Å². The van der Waals surface area contributed by atoms with E-state index in [2.05, 4.69) is 10.3 Å². The molecule has 1 amide bonds. The van der Waals surface area contributed by atoms with Gasteiger partial charge >= 0.3 is 0 Å². The van der Waals surface area contributed by atoms with Gasteiger partial charge in [0.15, 0.2) is 5.76 Å². The molecule has 2 aromatic heterocycles. The zero-order chi connectivity index (χ0) is 19.4. The third-order valence-corrected chi connectivity index (χ3v) is 4.08. The summed E-state index contributed by atoms with van der Waals surface area (Å²) in [6.45, 7) is 3.84. The summed E-state index contributed by atoms with van der Waals surface area (Å²) in [5.74, 6) is 2.52. The fourth-order valence-electron chi connectivity index (χ4n) is 2.89. The van der Waals surface area contributed by atoms with Crippen molar-refractivity contribution in [1.29, 1.82) is 0 Å². The number of rotatable bonds is 6. The summed E-state index contributed by atoms with van der Waals surface area (Å²) >= 11 is 0.